The van der Waals surface area contributed by atoms with Gasteiger partial charge in [0.05, 0.1) is 11.2 Å². The van der Waals surface area contributed by atoms with E-state index >= 15 is 0 Å². The fraction of sp³-hybridized carbons (Fsp3) is 0.333. The van der Waals surface area contributed by atoms with Crippen LogP contribution in [0.25, 0.3) is 10.9 Å². The van der Waals surface area contributed by atoms with Gasteiger partial charge in [0.15, 0.2) is 0 Å². The number of hydrogen-bond donors (Lipinski definition) is 1. The Morgan fingerprint density at radius 3 is 2.44 bits per heavy atom. The molecule has 1 saturated heterocycles. The first kappa shape index (κ1) is 16.9. The second kappa shape index (κ2) is 7.29. The molecular weight excluding hydrogens is 320 g/mol. The maximum atomic E-state index is 12.3. The normalized spacial score (nSPS) is 14.4. The summed E-state index contributed by atoms with van der Waals surface area (Å²) in [5.41, 5.74) is 1.29. The maximum Gasteiger partial charge on any atom is 0.233 e. The molecule has 7 nitrogen and oxygen atoms in total. The Morgan fingerprint density at radius 2 is 1.72 bits per heavy atom. The summed E-state index contributed by atoms with van der Waals surface area (Å²) in [5.74, 6) is -0.584. The van der Waals surface area contributed by atoms with Gasteiger partial charge in [0.25, 0.3) is 0 Å². The van der Waals surface area contributed by atoms with Crippen molar-refractivity contribution in [3.8, 4) is 0 Å². The van der Waals surface area contributed by atoms with Crippen LogP contribution < -0.4 is 5.32 Å². The molecule has 0 aliphatic carbocycles. The molecule has 3 rings (SSSR count). The topological polar surface area (TPSA) is 82.6 Å². The number of benzene rings is 1. The SMILES string of the molecule is CC(=O)N1CCN(C(=O)CC(=O)Nc2cccc3cccnc23)CC1. The lowest BCUT2D eigenvalue weighted by Crippen LogP contribution is -2.50. The minimum absolute atomic E-state index is 0.00768. The van der Waals surface area contributed by atoms with Crippen LogP contribution >= 0.6 is 0 Å². The molecule has 1 fully saturated rings. The first-order valence-corrected chi connectivity index (χ1v) is 8.21. The summed E-state index contributed by atoms with van der Waals surface area (Å²) in [5, 5.41) is 3.69. The van der Waals surface area contributed by atoms with E-state index in [4.69, 9.17) is 0 Å². The van der Waals surface area contributed by atoms with Crippen molar-refractivity contribution in [2.75, 3.05) is 31.5 Å². The van der Waals surface area contributed by atoms with E-state index in [2.05, 4.69) is 10.3 Å². The van der Waals surface area contributed by atoms with Crippen LogP contribution in [0.1, 0.15) is 13.3 Å². The molecule has 1 aliphatic heterocycles. The predicted molar refractivity (Wildman–Crippen MR) is 93.8 cm³/mol. The molecular formula is C18H20N4O3. The molecule has 0 atom stereocenters. The highest BCUT2D eigenvalue weighted by atomic mass is 16.2. The third-order valence-electron chi connectivity index (χ3n) is 4.30. The summed E-state index contributed by atoms with van der Waals surface area (Å²) < 4.78 is 0. The monoisotopic (exact) mass is 340 g/mol. The molecule has 7 heteroatoms. The van der Waals surface area contributed by atoms with Crippen molar-refractivity contribution < 1.29 is 14.4 Å². The zero-order valence-corrected chi connectivity index (χ0v) is 14.1. The van der Waals surface area contributed by atoms with E-state index in [1.165, 1.54) is 6.92 Å². The highest BCUT2D eigenvalue weighted by Crippen LogP contribution is 2.20. The molecule has 1 aromatic carbocycles. The standard InChI is InChI=1S/C18H20N4O3/c1-13(23)21-8-10-22(11-9-21)17(25)12-16(24)20-15-6-2-4-14-5-3-7-19-18(14)15/h2-7H,8-12H2,1H3,(H,20,24). The van der Waals surface area contributed by atoms with Gasteiger partial charge in [0.1, 0.15) is 6.42 Å². The van der Waals surface area contributed by atoms with Crippen LogP contribution in [0, 0.1) is 0 Å². The Morgan fingerprint density at radius 1 is 1.04 bits per heavy atom. The third kappa shape index (κ3) is 3.93. The lowest BCUT2D eigenvalue weighted by atomic mass is 10.2. The molecule has 2 aromatic rings. The van der Waals surface area contributed by atoms with Gasteiger partial charge in [-0.15, -0.1) is 0 Å². The summed E-state index contributed by atoms with van der Waals surface area (Å²) in [4.78, 5) is 43.4. The maximum absolute atomic E-state index is 12.3. The first-order chi connectivity index (χ1) is 12.0. The number of carbonyl (C=O) groups is 3. The first-order valence-electron chi connectivity index (χ1n) is 8.21. The lowest BCUT2D eigenvalue weighted by molar-refractivity contribution is -0.140. The number of amides is 3. The summed E-state index contributed by atoms with van der Waals surface area (Å²) in [7, 11) is 0. The van der Waals surface area contributed by atoms with Crippen molar-refractivity contribution in [3.63, 3.8) is 0 Å². The molecule has 1 aliphatic rings. The third-order valence-corrected chi connectivity index (χ3v) is 4.30. The molecule has 1 N–H and O–H groups in total. The van der Waals surface area contributed by atoms with E-state index in [0.29, 0.717) is 37.4 Å². The zero-order chi connectivity index (χ0) is 17.8. The van der Waals surface area contributed by atoms with Crippen molar-refractivity contribution in [1.82, 2.24) is 14.8 Å². The van der Waals surface area contributed by atoms with Crippen molar-refractivity contribution in [2.24, 2.45) is 0 Å². The Labute approximate surface area is 145 Å². The van der Waals surface area contributed by atoms with Crippen molar-refractivity contribution in [3.05, 3.63) is 36.5 Å². The summed E-state index contributed by atoms with van der Waals surface area (Å²) in [6.07, 6.45) is 1.45. The number of para-hydroxylation sites is 1. The van der Waals surface area contributed by atoms with Gasteiger partial charge < -0.3 is 15.1 Å². The summed E-state index contributed by atoms with van der Waals surface area (Å²) in [6.45, 7) is 3.46. The van der Waals surface area contributed by atoms with Gasteiger partial charge in [0, 0.05) is 44.7 Å². The summed E-state index contributed by atoms with van der Waals surface area (Å²) >= 11 is 0. The van der Waals surface area contributed by atoms with Gasteiger partial charge in [-0.3, -0.25) is 19.4 Å². The molecule has 130 valence electrons. The van der Waals surface area contributed by atoms with Gasteiger partial charge in [-0.25, -0.2) is 0 Å². The molecule has 0 bridgehead atoms. The van der Waals surface area contributed by atoms with E-state index in [-0.39, 0.29) is 24.1 Å². The van der Waals surface area contributed by atoms with Gasteiger partial charge in [-0.2, -0.15) is 0 Å². The van der Waals surface area contributed by atoms with Crippen LogP contribution in [-0.4, -0.2) is 58.7 Å². The van der Waals surface area contributed by atoms with Crippen LogP contribution in [0.5, 0.6) is 0 Å². The molecule has 2 heterocycles. The smallest absolute Gasteiger partial charge is 0.233 e. The van der Waals surface area contributed by atoms with Crippen LogP contribution in [-0.2, 0) is 14.4 Å². The lowest BCUT2D eigenvalue weighted by Gasteiger charge is -2.34. The number of hydrogen-bond acceptors (Lipinski definition) is 4. The Bertz CT molecular complexity index is 808. The van der Waals surface area contributed by atoms with Crippen molar-refractivity contribution >= 4 is 34.3 Å². The average molecular weight is 340 g/mol. The van der Waals surface area contributed by atoms with Gasteiger partial charge >= 0.3 is 0 Å². The van der Waals surface area contributed by atoms with E-state index < -0.39 is 0 Å². The van der Waals surface area contributed by atoms with E-state index in [9.17, 15) is 14.4 Å². The van der Waals surface area contributed by atoms with Crippen molar-refractivity contribution in [2.45, 2.75) is 13.3 Å². The number of aromatic nitrogens is 1. The molecule has 3 amide bonds. The number of rotatable bonds is 3. The number of anilines is 1. The predicted octanol–water partition coefficient (Wildman–Crippen LogP) is 1.25. The summed E-state index contributed by atoms with van der Waals surface area (Å²) in [6, 6.07) is 9.26. The van der Waals surface area contributed by atoms with Gasteiger partial charge in [0.2, 0.25) is 17.7 Å². The fourth-order valence-corrected chi connectivity index (χ4v) is 2.92. The highest BCUT2D eigenvalue weighted by molar-refractivity contribution is 6.07. The fourth-order valence-electron chi connectivity index (χ4n) is 2.92. The molecule has 0 unspecified atom stereocenters. The molecule has 0 saturated carbocycles. The average Bonchev–Trinajstić information content (AvgIpc) is 2.62. The number of carbonyl (C=O) groups excluding carboxylic acids is 3. The molecule has 25 heavy (non-hydrogen) atoms. The Balaban J connectivity index is 1.59. The Kier molecular flexibility index (Phi) is 4.92. The van der Waals surface area contributed by atoms with Crippen LogP contribution in [0.15, 0.2) is 36.5 Å². The largest absolute Gasteiger partial charge is 0.339 e. The van der Waals surface area contributed by atoms with Crippen LogP contribution in [0.2, 0.25) is 0 Å². The molecule has 1 aromatic heterocycles. The van der Waals surface area contributed by atoms with E-state index in [1.54, 1.807) is 22.1 Å². The highest BCUT2D eigenvalue weighted by Gasteiger charge is 2.23. The van der Waals surface area contributed by atoms with E-state index in [1.807, 2.05) is 24.3 Å². The number of piperazine rings is 1. The quantitative estimate of drug-likeness (QED) is 0.853. The van der Waals surface area contributed by atoms with Gasteiger partial charge in [-0.1, -0.05) is 18.2 Å². The number of pyridine rings is 1. The minimum atomic E-state index is -0.364. The van der Waals surface area contributed by atoms with Gasteiger partial charge in [-0.05, 0) is 12.1 Å². The van der Waals surface area contributed by atoms with Crippen LogP contribution in [0.4, 0.5) is 5.69 Å². The van der Waals surface area contributed by atoms with Crippen LogP contribution in [0.3, 0.4) is 0 Å². The Hall–Kier alpha value is -2.96. The number of nitrogens with one attached hydrogen (secondary N) is 1. The molecule has 0 spiro atoms. The second-order valence-electron chi connectivity index (χ2n) is 5.99. The zero-order valence-electron chi connectivity index (χ0n) is 14.1. The second-order valence-corrected chi connectivity index (χ2v) is 5.99. The number of nitrogens with zero attached hydrogens (tertiary/aromatic N) is 3. The minimum Gasteiger partial charge on any atom is -0.339 e. The molecule has 0 radical (unpaired) electrons. The van der Waals surface area contributed by atoms with Crippen molar-refractivity contribution in [1.29, 1.82) is 0 Å². The number of fused-ring (bicyclic) bond motifs is 1. The van der Waals surface area contributed by atoms with E-state index in [0.717, 1.165) is 5.39 Å².